The zero-order valence-electron chi connectivity index (χ0n) is 4.47. The van der Waals surface area contributed by atoms with Gasteiger partial charge in [0.2, 0.25) is 6.29 Å². The smallest absolute Gasteiger partial charge is 0.235 e. The molecule has 0 bridgehead atoms. The summed E-state index contributed by atoms with van der Waals surface area (Å²) >= 11 is 3.16. The monoisotopic (exact) mass is 184 g/mol. The lowest BCUT2D eigenvalue weighted by Crippen LogP contribution is -1.80. The number of hydrogen-bond donors (Lipinski definition) is 0. The van der Waals surface area contributed by atoms with Crippen LogP contribution in [0.3, 0.4) is 0 Å². The van der Waals surface area contributed by atoms with Crippen molar-refractivity contribution in [2.24, 2.45) is 0 Å². The van der Waals surface area contributed by atoms with Gasteiger partial charge in [-0.05, 0) is 22.0 Å². The molecule has 3 heteroatoms. The van der Waals surface area contributed by atoms with Gasteiger partial charge < -0.3 is 0 Å². The van der Waals surface area contributed by atoms with Crippen LogP contribution < -0.4 is 0 Å². The molecule has 0 aliphatic heterocycles. The lowest BCUT2D eigenvalue weighted by atomic mass is 10.3. The second kappa shape index (κ2) is 2.73. The highest BCUT2D eigenvalue weighted by molar-refractivity contribution is 9.10. The second-order valence-electron chi connectivity index (χ2n) is 1.49. The van der Waals surface area contributed by atoms with Gasteiger partial charge in [0.15, 0.2) is 0 Å². The zero-order valence-corrected chi connectivity index (χ0v) is 6.05. The molecule has 1 rings (SSSR count). The molecule has 0 saturated heterocycles. The zero-order chi connectivity index (χ0) is 6.69. The Labute approximate surface area is 61.0 Å². The van der Waals surface area contributed by atoms with Crippen molar-refractivity contribution in [2.45, 2.75) is 0 Å². The van der Waals surface area contributed by atoms with Crippen LogP contribution in [0.15, 0.2) is 22.9 Å². The fourth-order valence-electron chi connectivity index (χ4n) is 0.468. The Balaban J connectivity index is 3.07. The topological polar surface area (TPSA) is 30.0 Å². The lowest BCUT2D eigenvalue weighted by molar-refractivity contribution is 0.562. The van der Waals surface area contributed by atoms with E-state index in [2.05, 4.69) is 20.9 Å². The van der Waals surface area contributed by atoms with Crippen LogP contribution in [0.25, 0.3) is 0 Å². The van der Waals surface area contributed by atoms with E-state index in [0.29, 0.717) is 5.56 Å². The Bertz CT molecular complexity index is 224. The first-order valence-corrected chi connectivity index (χ1v) is 3.11. The van der Waals surface area contributed by atoms with Gasteiger partial charge in [-0.1, -0.05) is 0 Å². The van der Waals surface area contributed by atoms with Crippen LogP contribution in [-0.2, 0) is 4.79 Å². The predicted octanol–water partition coefficient (Wildman–Crippen LogP) is 1.30. The molecular weight excluding hydrogens is 182 g/mol. The summed E-state index contributed by atoms with van der Waals surface area (Å²) in [7, 11) is 0. The molecule has 0 unspecified atom stereocenters. The maximum Gasteiger partial charge on any atom is 0.235 e. The van der Waals surface area contributed by atoms with Crippen molar-refractivity contribution >= 4 is 22.2 Å². The number of rotatable bonds is 1. The van der Waals surface area contributed by atoms with Crippen LogP contribution in [0.5, 0.6) is 0 Å². The Morgan fingerprint density at radius 2 is 2.33 bits per heavy atom. The molecule has 1 radical (unpaired) electrons. The van der Waals surface area contributed by atoms with Gasteiger partial charge in [-0.3, -0.25) is 9.78 Å². The number of pyridine rings is 1. The summed E-state index contributed by atoms with van der Waals surface area (Å²) in [6.07, 6.45) is 4.79. The lowest BCUT2D eigenvalue weighted by Gasteiger charge is -1.86. The van der Waals surface area contributed by atoms with E-state index in [0.717, 1.165) is 4.47 Å². The first-order chi connectivity index (χ1) is 4.33. The van der Waals surface area contributed by atoms with Crippen molar-refractivity contribution in [1.29, 1.82) is 0 Å². The molecule has 0 spiro atoms. The van der Waals surface area contributed by atoms with Crippen molar-refractivity contribution in [2.75, 3.05) is 0 Å². The minimum atomic E-state index is 0.462. The average molecular weight is 185 g/mol. The van der Waals surface area contributed by atoms with Gasteiger partial charge in [-0.25, -0.2) is 0 Å². The quantitative estimate of drug-likeness (QED) is 0.659. The van der Waals surface area contributed by atoms with E-state index in [1.807, 2.05) is 0 Å². The summed E-state index contributed by atoms with van der Waals surface area (Å²) in [5.74, 6) is 0. The Morgan fingerprint density at radius 3 is 2.78 bits per heavy atom. The summed E-state index contributed by atoms with van der Waals surface area (Å²) in [5, 5.41) is 0. The Morgan fingerprint density at radius 1 is 1.56 bits per heavy atom. The third-order valence-corrected chi connectivity index (χ3v) is 1.26. The van der Waals surface area contributed by atoms with Gasteiger partial charge in [0.25, 0.3) is 0 Å². The number of halogens is 1. The fourth-order valence-corrected chi connectivity index (χ4v) is 0.833. The SMILES string of the molecule is O=[C]c1cncc(Br)c1. The number of carbonyl (C=O) groups excluding carboxylic acids is 1. The highest BCUT2D eigenvalue weighted by atomic mass is 79.9. The van der Waals surface area contributed by atoms with Crippen LogP contribution >= 0.6 is 15.9 Å². The molecule has 0 aliphatic rings. The highest BCUT2D eigenvalue weighted by Crippen LogP contribution is 2.06. The van der Waals surface area contributed by atoms with E-state index in [-0.39, 0.29) is 0 Å². The minimum absolute atomic E-state index is 0.462. The summed E-state index contributed by atoms with van der Waals surface area (Å²) in [6.45, 7) is 0. The molecule has 0 atom stereocenters. The molecule has 1 aromatic heterocycles. The summed E-state index contributed by atoms with van der Waals surface area (Å²) in [4.78, 5) is 13.7. The standard InChI is InChI=1S/C6H3BrNO/c7-6-1-5(4-9)2-8-3-6/h1-3H. The van der Waals surface area contributed by atoms with Crippen LogP contribution in [0.2, 0.25) is 0 Å². The molecule has 0 saturated carbocycles. The van der Waals surface area contributed by atoms with Gasteiger partial charge in [0, 0.05) is 22.4 Å². The van der Waals surface area contributed by atoms with Crippen molar-refractivity contribution in [1.82, 2.24) is 4.98 Å². The van der Waals surface area contributed by atoms with Crippen LogP contribution in [0.4, 0.5) is 0 Å². The van der Waals surface area contributed by atoms with Crippen LogP contribution in [-0.4, -0.2) is 11.3 Å². The van der Waals surface area contributed by atoms with E-state index in [1.54, 1.807) is 18.5 Å². The number of nitrogens with zero attached hydrogens (tertiary/aromatic N) is 1. The molecule has 0 fully saturated rings. The Hall–Kier alpha value is -0.700. The van der Waals surface area contributed by atoms with E-state index in [9.17, 15) is 4.79 Å². The highest BCUT2D eigenvalue weighted by Gasteiger charge is 1.90. The van der Waals surface area contributed by atoms with E-state index in [1.165, 1.54) is 6.20 Å². The molecule has 0 amide bonds. The largest absolute Gasteiger partial charge is 0.285 e. The molecule has 45 valence electrons. The van der Waals surface area contributed by atoms with Crippen molar-refractivity contribution in [3.05, 3.63) is 28.5 Å². The summed E-state index contributed by atoms with van der Waals surface area (Å²) < 4.78 is 0.795. The van der Waals surface area contributed by atoms with Gasteiger partial charge in [0.1, 0.15) is 0 Å². The predicted molar refractivity (Wildman–Crippen MR) is 36.7 cm³/mol. The molecular formula is C6H3BrNO. The molecule has 0 aliphatic carbocycles. The van der Waals surface area contributed by atoms with Crippen molar-refractivity contribution in [3.63, 3.8) is 0 Å². The van der Waals surface area contributed by atoms with E-state index >= 15 is 0 Å². The van der Waals surface area contributed by atoms with Crippen molar-refractivity contribution < 1.29 is 4.79 Å². The molecule has 9 heavy (non-hydrogen) atoms. The number of aromatic nitrogens is 1. The maximum atomic E-state index is 9.97. The maximum absolute atomic E-state index is 9.97. The second-order valence-corrected chi connectivity index (χ2v) is 2.41. The molecule has 0 N–H and O–H groups in total. The third-order valence-electron chi connectivity index (χ3n) is 0.823. The minimum Gasteiger partial charge on any atom is -0.285 e. The van der Waals surface area contributed by atoms with E-state index in [4.69, 9.17) is 0 Å². The normalized spacial score (nSPS) is 9.00. The van der Waals surface area contributed by atoms with Gasteiger partial charge >= 0.3 is 0 Å². The fraction of sp³-hybridized carbons (Fsp3) is 0. The molecule has 0 aromatic carbocycles. The molecule has 2 nitrogen and oxygen atoms in total. The van der Waals surface area contributed by atoms with E-state index < -0.39 is 0 Å². The van der Waals surface area contributed by atoms with Crippen molar-refractivity contribution in [3.8, 4) is 0 Å². The molecule has 1 heterocycles. The average Bonchev–Trinajstić information content (AvgIpc) is 1.88. The van der Waals surface area contributed by atoms with Gasteiger partial charge in [-0.2, -0.15) is 0 Å². The first kappa shape index (κ1) is 6.42. The summed E-state index contributed by atoms with van der Waals surface area (Å²) in [5.41, 5.74) is 0.462. The van der Waals surface area contributed by atoms with Gasteiger partial charge in [0.05, 0.1) is 0 Å². The summed E-state index contributed by atoms with van der Waals surface area (Å²) in [6, 6.07) is 1.65. The molecule has 1 aromatic rings. The van der Waals surface area contributed by atoms with Gasteiger partial charge in [-0.15, -0.1) is 0 Å². The van der Waals surface area contributed by atoms with Crippen LogP contribution in [0, 0.1) is 0 Å². The first-order valence-electron chi connectivity index (χ1n) is 2.31. The third kappa shape index (κ3) is 1.61. The van der Waals surface area contributed by atoms with Crippen LogP contribution in [0.1, 0.15) is 5.56 Å². The number of hydrogen-bond acceptors (Lipinski definition) is 2. The Kier molecular flexibility index (Phi) is 1.95.